The van der Waals surface area contributed by atoms with Crippen molar-refractivity contribution < 1.29 is 17.9 Å². The fourth-order valence-electron chi connectivity index (χ4n) is 1.19. The largest absolute Gasteiger partial charge is 0.380 e. The lowest BCUT2D eigenvalue weighted by Gasteiger charge is -2.11. The normalized spacial score (nSPS) is 13.2. The fraction of sp³-hybridized carbons (Fsp3) is 0.364. The first-order valence-corrected chi connectivity index (χ1v) is 6.77. The summed E-state index contributed by atoms with van der Waals surface area (Å²) in [6, 6.07) is 5.41. The molecule has 0 radical (unpaired) electrons. The number of primary amides is 1. The molecule has 1 rings (SSSR count). The lowest BCUT2D eigenvalue weighted by molar-refractivity contribution is 0.1000. The van der Waals surface area contributed by atoms with E-state index in [2.05, 4.69) is 4.72 Å². The van der Waals surface area contributed by atoms with Crippen molar-refractivity contribution >= 4 is 15.9 Å². The summed E-state index contributed by atoms with van der Waals surface area (Å²) < 4.78 is 31.1. The minimum Gasteiger partial charge on any atom is -0.380 e. The number of amides is 1. The number of nitrogens with two attached hydrogens (primary N) is 1. The Labute approximate surface area is 106 Å². The highest BCUT2D eigenvalue weighted by atomic mass is 32.2. The average molecular weight is 272 g/mol. The summed E-state index contributed by atoms with van der Waals surface area (Å²) in [5, 5.41) is 0. The van der Waals surface area contributed by atoms with E-state index in [9.17, 15) is 13.2 Å². The lowest BCUT2D eigenvalue weighted by atomic mass is 10.2. The fourth-order valence-corrected chi connectivity index (χ4v) is 2.31. The van der Waals surface area contributed by atoms with Crippen LogP contribution in [0.2, 0.25) is 0 Å². The van der Waals surface area contributed by atoms with Gasteiger partial charge in [-0.25, -0.2) is 13.1 Å². The van der Waals surface area contributed by atoms with Gasteiger partial charge in [-0.2, -0.15) is 0 Å². The quantitative estimate of drug-likeness (QED) is 0.767. The first kappa shape index (κ1) is 14.6. The van der Waals surface area contributed by atoms with Crippen molar-refractivity contribution in [2.45, 2.75) is 17.9 Å². The minimum atomic E-state index is -3.59. The maximum atomic E-state index is 11.9. The summed E-state index contributed by atoms with van der Waals surface area (Å²) in [5.41, 5.74) is 5.33. The Morgan fingerprint density at radius 3 is 2.39 bits per heavy atom. The van der Waals surface area contributed by atoms with Gasteiger partial charge in [-0.15, -0.1) is 0 Å². The first-order valence-electron chi connectivity index (χ1n) is 5.29. The van der Waals surface area contributed by atoms with Crippen LogP contribution >= 0.6 is 0 Å². The number of sulfonamides is 1. The molecule has 1 aromatic rings. The highest BCUT2D eigenvalue weighted by molar-refractivity contribution is 7.89. The maximum Gasteiger partial charge on any atom is 0.248 e. The molecule has 0 aliphatic rings. The molecule has 1 unspecified atom stereocenters. The van der Waals surface area contributed by atoms with Crippen LogP contribution in [-0.2, 0) is 14.8 Å². The molecule has 18 heavy (non-hydrogen) atoms. The molecule has 7 heteroatoms. The Hall–Kier alpha value is -1.44. The van der Waals surface area contributed by atoms with E-state index >= 15 is 0 Å². The third-order valence-corrected chi connectivity index (χ3v) is 3.85. The van der Waals surface area contributed by atoms with E-state index in [1.807, 2.05) is 0 Å². The third kappa shape index (κ3) is 3.80. The van der Waals surface area contributed by atoms with E-state index < -0.39 is 15.9 Å². The number of methoxy groups -OCH3 is 1. The monoisotopic (exact) mass is 272 g/mol. The summed E-state index contributed by atoms with van der Waals surface area (Å²) in [7, 11) is -2.09. The molecule has 1 amide bonds. The first-order chi connectivity index (χ1) is 8.36. The molecule has 0 aromatic heterocycles. The van der Waals surface area contributed by atoms with E-state index in [1.165, 1.54) is 31.4 Å². The molecule has 0 aliphatic carbocycles. The van der Waals surface area contributed by atoms with Gasteiger partial charge in [0.05, 0.1) is 11.0 Å². The molecular weight excluding hydrogens is 256 g/mol. The topological polar surface area (TPSA) is 98.5 Å². The molecule has 6 nitrogen and oxygen atoms in total. The van der Waals surface area contributed by atoms with Crippen molar-refractivity contribution in [3.05, 3.63) is 29.8 Å². The predicted octanol–water partition coefficient (Wildman–Crippen LogP) is 0.0987. The Morgan fingerprint density at radius 2 is 1.94 bits per heavy atom. The van der Waals surface area contributed by atoms with Gasteiger partial charge in [0, 0.05) is 19.2 Å². The van der Waals surface area contributed by atoms with E-state index in [1.54, 1.807) is 6.92 Å². The van der Waals surface area contributed by atoms with Gasteiger partial charge in [0.1, 0.15) is 0 Å². The van der Waals surface area contributed by atoms with E-state index in [0.29, 0.717) is 0 Å². The van der Waals surface area contributed by atoms with Gasteiger partial charge in [0.2, 0.25) is 15.9 Å². The molecule has 0 spiro atoms. The maximum absolute atomic E-state index is 11.9. The summed E-state index contributed by atoms with van der Waals surface area (Å²) in [6.45, 7) is 1.93. The molecule has 0 aliphatic heterocycles. The zero-order chi connectivity index (χ0) is 13.8. The molecular formula is C11H16N2O4S. The number of carbonyl (C=O) groups is 1. The lowest BCUT2D eigenvalue weighted by Crippen LogP contribution is -2.31. The molecule has 1 atom stereocenters. The van der Waals surface area contributed by atoms with Crippen LogP contribution in [0.3, 0.4) is 0 Å². The summed E-state index contributed by atoms with van der Waals surface area (Å²) in [6.07, 6.45) is -0.218. The Morgan fingerprint density at radius 1 is 1.39 bits per heavy atom. The van der Waals surface area contributed by atoms with Crippen LogP contribution in [-0.4, -0.2) is 34.1 Å². The van der Waals surface area contributed by atoms with Crippen LogP contribution in [0.15, 0.2) is 29.2 Å². The second-order valence-electron chi connectivity index (χ2n) is 3.79. The highest BCUT2D eigenvalue weighted by Crippen LogP contribution is 2.10. The molecule has 0 saturated carbocycles. The van der Waals surface area contributed by atoms with E-state index in [0.717, 1.165) is 0 Å². The van der Waals surface area contributed by atoms with Crippen molar-refractivity contribution in [3.63, 3.8) is 0 Å². The van der Waals surface area contributed by atoms with Gasteiger partial charge in [0.15, 0.2) is 0 Å². The molecule has 0 heterocycles. The van der Waals surface area contributed by atoms with E-state index in [-0.39, 0.29) is 23.1 Å². The van der Waals surface area contributed by atoms with Crippen LogP contribution in [0.25, 0.3) is 0 Å². The number of nitrogens with one attached hydrogen (secondary N) is 1. The van der Waals surface area contributed by atoms with Crippen molar-refractivity contribution in [2.24, 2.45) is 5.73 Å². The number of hydrogen-bond donors (Lipinski definition) is 2. The number of carbonyl (C=O) groups excluding carboxylic acids is 1. The van der Waals surface area contributed by atoms with Crippen molar-refractivity contribution in [3.8, 4) is 0 Å². The Bertz CT molecular complexity index is 510. The van der Waals surface area contributed by atoms with Crippen LogP contribution in [0, 0.1) is 0 Å². The summed E-state index contributed by atoms with van der Waals surface area (Å²) in [4.78, 5) is 10.9. The Balaban J connectivity index is 2.82. The van der Waals surface area contributed by atoms with Crippen molar-refractivity contribution in [1.29, 1.82) is 0 Å². The number of rotatable bonds is 6. The molecule has 0 saturated heterocycles. The van der Waals surface area contributed by atoms with Crippen molar-refractivity contribution in [1.82, 2.24) is 4.72 Å². The average Bonchev–Trinajstić information content (AvgIpc) is 2.36. The standard InChI is InChI=1S/C11H16N2O4S/c1-8(17-2)7-13-18(15,16)10-5-3-9(4-6-10)11(12)14/h3-6,8,13H,7H2,1-2H3,(H2,12,14). The van der Waals surface area contributed by atoms with Gasteiger partial charge in [-0.05, 0) is 31.2 Å². The molecule has 3 N–H and O–H groups in total. The number of benzene rings is 1. The second kappa shape index (κ2) is 5.94. The molecule has 0 bridgehead atoms. The highest BCUT2D eigenvalue weighted by Gasteiger charge is 2.15. The zero-order valence-electron chi connectivity index (χ0n) is 10.2. The molecule has 0 fully saturated rings. The molecule has 100 valence electrons. The van der Waals surface area contributed by atoms with Gasteiger partial charge in [-0.3, -0.25) is 4.79 Å². The van der Waals surface area contributed by atoms with Crippen LogP contribution < -0.4 is 10.5 Å². The van der Waals surface area contributed by atoms with Crippen LogP contribution in [0.5, 0.6) is 0 Å². The minimum absolute atomic E-state index is 0.0794. The van der Waals surface area contributed by atoms with Crippen molar-refractivity contribution in [2.75, 3.05) is 13.7 Å². The van der Waals surface area contributed by atoms with Crippen LogP contribution in [0.4, 0.5) is 0 Å². The number of ether oxygens (including phenoxy) is 1. The zero-order valence-corrected chi connectivity index (χ0v) is 11.0. The van der Waals surface area contributed by atoms with E-state index in [4.69, 9.17) is 10.5 Å². The SMILES string of the molecule is COC(C)CNS(=O)(=O)c1ccc(C(N)=O)cc1. The smallest absolute Gasteiger partial charge is 0.248 e. The van der Waals surface area contributed by atoms with Crippen LogP contribution in [0.1, 0.15) is 17.3 Å². The van der Waals surface area contributed by atoms with Gasteiger partial charge >= 0.3 is 0 Å². The van der Waals surface area contributed by atoms with Gasteiger partial charge < -0.3 is 10.5 Å². The second-order valence-corrected chi connectivity index (χ2v) is 5.55. The summed E-state index contributed by atoms with van der Waals surface area (Å²) >= 11 is 0. The number of hydrogen-bond acceptors (Lipinski definition) is 4. The summed E-state index contributed by atoms with van der Waals surface area (Å²) in [5.74, 6) is -0.597. The predicted molar refractivity (Wildman–Crippen MR) is 66.6 cm³/mol. The molecule has 1 aromatic carbocycles. The van der Waals surface area contributed by atoms with Gasteiger partial charge in [0.25, 0.3) is 0 Å². The third-order valence-electron chi connectivity index (χ3n) is 2.41. The Kier molecular flexibility index (Phi) is 4.83. The van der Waals surface area contributed by atoms with Gasteiger partial charge in [-0.1, -0.05) is 0 Å².